The van der Waals surface area contributed by atoms with Gasteiger partial charge >= 0.3 is 0 Å². The van der Waals surface area contributed by atoms with Crippen LogP contribution in [0.4, 0.5) is 5.69 Å². The molecule has 3 rings (SSSR count). The molecule has 0 spiro atoms. The van der Waals surface area contributed by atoms with Gasteiger partial charge in [0, 0.05) is 30.2 Å². The summed E-state index contributed by atoms with van der Waals surface area (Å²) in [6.45, 7) is 2.93. The van der Waals surface area contributed by atoms with E-state index in [2.05, 4.69) is 12.2 Å². The Balaban J connectivity index is 1.60. The van der Waals surface area contributed by atoms with Crippen LogP contribution in [0.1, 0.15) is 24.5 Å². The van der Waals surface area contributed by atoms with Gasteiger partial charge in [0.05, 0.1) is 5.92 Å². The average molecular weight is 357 g/mol. The van der Waals surface area contributed by atoms with Gasteiger partial charge in [-0.05, 0) is 41.8 Å². The maximum absolute atomic E-state index is 12.4. The smallest absolute Gasteiger partial charge is 0.227 e. The molecule has 1 heterocycles. The van der Waals surface area contributed by atoms with Gasteiger partial charge < -0.3 is 10.2 Å². The van der Waals surface area contributed by atoms with Crippen molar-refractivity contribution in [1.82, 2.24) is 5.32 Å². The molecule has 2 aromatic carbocycles. The zero-order valence-corrected chi connectivity index (χ0v) is 14.9. The van der Waals surface area contributed by atoms with Crippen molar-refractivity contribution in [3.63, 3.8) is 0 Å². The molecule has 1 aliphatic heterocycles. The number of amides is 2. The van der Waals surface area contributed by atoms with Gasteiger partial charge in [-0.2, -0.15) is 0 Å². The standard InChI is InChI=1S/C20H21ClN2O2/c1-2-14-6-8-18(9-7-14)23-13-16(11-19(23)24)20(25)22-12-15-4-3-5-17(21)10-15/h3-10,16H,2,11-13H2,1H3,(H,22,25)/t16-/m1/s1. The maximum Gasteiger partial charge on any atom is 0.227 e. The van der Waals surface area contributed by atoms with Crippen molar-refractivity contribution in [3.8, 4) is 0 Å². The van der Waals surface area contributed by atoms with Crippen molar-refractivity contribution < 1.29 is 9.59 Å². The molecule has 1 N–H and O–H groups in total. The van der Waals surface area contributed by atoms with Gasteiger partial charge in [0.15, 0.2) is 0 Å². The number of carbonyl (C=O) groups is 2. The number of nitrogens with one attached hydrogen (secondary N) is 1. The molecule has 1 atom stereocenters. The summed E-state index contributed by atoms with van der Waals surface area (Å²) in [5.41, 5.74) is 3.02. The van der Waals surface area contributed by atoms with Crippen molar-refractivity contribution in [2.24, 2.45) is 5.92 Å². The number of rotatable bonds is 5. The lowest BCUT2D eigenvalue weighted by Crippen LogP contribution is -2.32. The number of benzene rings is 2. The Morgan fingerprint density at radius 3 is 2.64 bits per heavy atom. The molecule has 1 fully saturated rings. The molecule has 0 saturated carbocycles. The minimum Gasteiger partial charge on any atom is -0.352 e. The summed E-state index contributed by atoms with van der Waals surface area (Å²) in [4.78, 5) is 26.4. The first-order chi connectivity index (χ1) is 12.1. The second kappa shape index (κ2) is 7.70. The van der Waals surface area contributed by atoms with Crippen molar-refractivity contribution in [1.29, 1.82) is 0 Å². The molecule has 0 aliphatic carbocycles. The van der Waals surface area contributed by atoms with Gasteiger partial charge in [0.25, 0.3) is 0 Å². The Labute approximate surface area is 152 Å². The third kappa shape index (κ3) is 4.20. The largest absolute Gasteiger partial charge is 0.352 e. The number of carbonyl (C=O) groups excluding carboxylic acids is 2. The zero-order valence-electron chi connectivity index (χ0n) is 14.2. The van der Waals surface area contributed by atoms with Crippen LogP contribution < -0.4 is 10.2 Å². The molecule has 2 amide bonds. The second-order valence-electron chi connectivity index (χ2n) is 6.27. The van der Waals surface area contributed by atoms with Gasteiger partial charge in [0.2, 0.25) is 11.8 Å². The first-order valence-electron chi connectivity index (χ1n) is 8.48. The van der Waals surface area contributed by atoms with Crippen LogP contribution in [0.15, 0.2) is 48.5 Å². The first kappa shape index (κ1) is 17.5. The van der Waals surface area contributed by atoms with E-state index in [1.54, 1.807) is 11.0 Å². The van der Waals surface area contributed by atoms with Crippen LogP contribution in [0.25, 0.3) is 0 Å². The molecule has 0 unspecified atom stereocenters. The summed E-state index contributed by atoms with van der Waals surface area (Å²) in [6, 6.07) is 15.3. The van der Waals surface area contributed by atoms with Crippen molar-refractivity contribution in [2.45, 2.75) is 26.3 Å². The van der Waals surface area contributed by atoms with E-state index in [-0.39, 0.29) is 24.2 Å². The van der Waals surface area contributed by atoms with Crippen LogP contribution >= 0.6 is 11.6 Å². The fraction of sp³-hybridized carbons (Fsp3) is 0.300. The highest BCUT2D eigenvalue weighted by molar-refractivity contribution is 6.30. The minimum atomic E-state index is -0.322. The molecule has 130 valence electrons. The van der Waals surface area contributed by atoms with E-state index in [0.717, 1.165) is 17.7 Å². The van der Waals surface area contributed by atoms with E-state index in [1.807, 2.05) is 42.5 Å². The fourth-order valence-electron chi connectivity index (χ4n) is 3.02. The topological polar surface area (TPSA) is 49.4 Å². The SMILES string of the molecule is CCc1ccc(N2C[C@H](C(=O)NCc3cccc(Cl)c3)CC2=O)cc1. The molecule has 0 aromatic heterocycles. The third-order valence-corrected chi connectivity index (χ3v) is 4.74. The highest BCUT2D eigenvalue weighted by Crippen LogP contribution is 2.25. The molecule has 1 saturated heterocycles. The monoisotopic (exact) mass is 356 g/mol. The van der Waals surface area contributed by atoms with E-state index in [1.165, 1.54) is 5.56 Å². The molecular formula is C20H21ClN2O2. The summed E-state index contributed by atoms with van der Waals surface area (Å²) < 4.78 is 0. The Morgan fingerprint density at radius 1 is 1.20 bits per heavy atom. The average Bonchev–Trinajstić information content (AvgIpc) is 3.02. The number of halogens is 1. The van der Waals surface area contributed by atoms with Gasteiger partial charge in [-0.3, -0.25) is 9.59 Å². The highest BCUT2D eigenvalue weighted by Gasteiger charge is 2.34. The van der Waals surface area contributed by atoms with E-state index in [0.29, 0.717) is 18.1 Å². The number of hydrogen-bond donors (Lipinski definition) is 1. The molecule has 1 aliphatic rings. The Bertz CT molecular complexity index is 774. The van der Waals surface area contributed by atoms with Crippen LogP contribution in [-0.4, -0.2) is 18.4 Å². The van der Waals surface area contributed by atoms with Crippen LogP contribution in [0, 0.1) is 5.92 Å². The quantitative estimate of drug-likeness (QED) is 0.890. The van der Waals surface area contributed by atoms with E-state index in [9.17, 15) is 9.59 Å². The van der Waals surface area contributed by atoms with Crippen molar-refractivity contribution >= 4 is 29.1 Å². The lowest BCUT2D eigenvalue weighted by Gasteiger charge is -2.17. The number of aryl methyl sites for hydroxylation is 1. The molecular weight excluding hydrogens is 336 g/mol. The molecule has 0 radical (unpaired) electrons. The summed E-state index contributed by atoms with van der Waals surface area (Å²) in [6.07, 6.45) is 1.21. The van der Waals surface area contributed by atoms with Crippen LogP contribution in [0.5, 0.6) is 0 Å². The highest BCUT2D eigenvalue weighted by atomic mass is 35.5. The maximum atomic E-state index is 12.4. The first-order valence-corrected chi connectivity index (χ1v) is 8.86. The van der Waals surface area contributed by atoms with Crippen LogP contribution in [0.2, 0.25) is 5.02 Å². The van der Waals surface area contributed by atoms with E-state index >= 15 is 0 Å². The number of anilines is 1. The lowest BCUT2D eigenvalue weighted by molar-refractivity contribution is -0.126. The van der Waals surface area contributed by atoms with Crippen molar-refractivity contribution in [3.05, 3.63) is 64.7 Å². The van der Waals surface area contributed by atoms with Crippen molar-refractivity contribution in [2.75, 3.05) is 11.4 Å². The van der Waals surface area contributed by atoms with Crippen LogP contribution in [-0.2, 0) is 22.6 Å². The Morgan fingerprint density at radius 2 is 1.96 bits per heavy atom. The predicted octanol–water partition coefficient (Wildman–Crippen LogP) is 3.57. The van der Waals surface area contributed by atoms with Gasteiger partial charge in [-0.1, -0.05) is 42.8 Å². The molecule has 2 aromatic rings. The Hall–Kier alpha value is -2.33. The fourth-order valence-corrected chi connectivity index (χ4v) is 3.24. The summed E-state index contributed by atoms with van der Waals surface area (Å²) in [7, 11) is 0. The lowest BCUT2D eigenvalue weighted by atomic mass is 10.1. The van der Waals surface area contributed by atoms with Gasteiger partial charge in [-0.25, -0.2) is 0 Å². The zero-order chi connectivity index (χ0) is 17.8. The van der Waals surface area contributed by atoms with E-state index < -0.39 is 0 Å². The molecule has 4 nitrogen and oxygen atoms in total. The number of hydrogen-bond acceptors (Lipinski definition) is 2. The summed E-state index contributed by atoms with van der Waals surface area (Å²) in [5.74, 6) is -0.425. The molecule has 25 heavy (non-hydrogen) atoms. The van der Waals surface area contributed by atoms with Gasteiger partial charge in [0.1, 0.15) is 0 Å². The Kier molecular flexibility index (Phi) is 5.39. The van der Waals surface area contributed by atoms with Gasteiger partial charge in [-0.15, -0.1) is 0 Å². The minimum absolute atomic E-state index is 0.00726. The summed E-state index contributed by atoms with van der Waals surface area (Å²) >= 11 is 5.95. The third-order valence-electron chi connectivity index (χ3n) is 4.51. The second-order valence-corrected chi connectivity index (χ2v) is 6.71. The molecule has 5 heteroatoms. The molecule has 0 bridgehead atoms. The normalized spacial score (nSPS) is 17.0. The van der Waals surface area contributed by atoms with Crippen LogP contribution in [0.3, 0.4) is 0 Å². The predicted molar refractivity (Wildman–Crippen MR) is 99.6 cm³/mol. The summed E-state index contributed by atoms with van der Waals surface area (Å²) in [5, 5.41) is 3.55. The van der Waals surface area contributed by atoms with E-state index in [4.69, 9.17) is 11.6 Å². The number of nitrogens with zero attached hydrogens (tertiary/aromatic N) is 1.